The summed E-state index contributed by atoms with van der Waals surface area (Å²) in [6, 6.07) is 8.56. The summed E-state index contributed by atoms with van der Waals surface area (Å²) < 4.78 is 0. The SMILES string of the molecule is Cc1cccc(CCC(O)CCCC(C)C)c1. The van der Waals surface area contributed by atoms with Crippen molar-refractivity contribution < 1.29 is 5.11 Å². The van der Waals surface area contributed by atoms with Crippen molar-refractivity contribution >= 4 is 0 Å². The van der Waals surface area contributed by atoms with E-state index in [9.17, 15) is 5.11 Å². The smallest absolute Gasteiger partial charge is 0.0543 e. The zero-order valence-corrected chi connectivity index (χ0v) is 11.4. The maximum atomic E-state index is 9.89. The first-order valence-corrected chi connectivity index (χ1v) is 6.81. The minimum atomic E-state index is -0.130. The normalized spacial score (nSPS) is 13.0. The Morgan fingerprint density at radius 2 is 1.88 bits per heavy atom. The molecule has 0 aliphatic carbocycles. The maximum absolute atomic E-state index is 9.89. The molecule has 0 saturated heterocycles. The molecule has 1 unspecified atom stereocenters. The van der Waals surface area contributed by atoms with E-state index < -0.39 is 0 Å². The van der Waals surface area contributed by atoms with Crippen LogP contribution in [0.25, 0.3) is 0 Å². The van der Waals surface area contributed by atoms with Gasteiger partial charge in [0.1, 0.15) is 0 Å². The summed E-state index contributed by atoms with van der Waals surface area (Å²) in [5, 5.41) is 9.89. The average molecular weight is 234 g/mol. The van der Waals surface area contributed by atoms with Gasteiger partial charge in [0.15, 0.2) is 0 Å². The highest BCUT2D eigenvalue weighted by atomic mass is 16.3. The number of aliphatic hydroxyl groups is 1. The van der Waals surface area contributed by atoms with Crippen molar-refractivity contribution in [1.82, 2.24) is 0 Å². The van der Waals surface area contributed by atoms with Gasteiger partial charge in [0.2, 0.25) is 0 Å². The monoisotopic (exact) mass is 234 g/mol. The third-order valence-electron chi connectivity index (χ3n) is 3.17. The van der Waals surface area contributed by atoms with E-state index in [1.165, 1.54) is 17.5 Å². The molecule has 0 amide bonds. The van der Waals surface area contributed by atoms with Crippen molar-refractivity contribution in [2.24, 2.45) is 5.92 Å². The zero-order valence-electron chi connectivity index (χ0n) is 11.4. The van der Waals surface area contributed by atoms with Gasteiger partial charge < -0.3 is 5.11 Å². The molecule has 96 valence electrons. The number of hydrogen-bond donors (Lipinski definition) is 1. The highest BCUT2D eigenvalue weighted by Gasteiger charge is 2.05. The van der Waals surface area contributed by atoms with Gasteiger partial charge in [0, 0.05) is 0 Å². The lowest BCUT2D eigenvalue weighted by Crippen LogP contribution is -2.08. The molecule has 0 bridgehead atoms. The van der Waals surface area contributed by atoms with Gasteiger partial charge in [0.05, 0.1) is 6.10 Å². The van der Waals surface area contributed by atoms with Gasteiger partial charge in [-0.15, -0.1) is 0 Å². The van der Waals surface area contributed by atoms with Crippen molar-refractivity contribution in [3.05, 3.63) is 35.4 Å². The van der Waals surface area contributed by atoms with E-state index in [0.29, 0.717) is 0 Å². The van der Waals surface area contributed by atoms with E-state index in [1.807, 2.05) is 0 Å². The van der Waals surface area contributed by atoms with Gasteiger partial charge in [-0.3, -0.25) is 0 Å². The number of benzene rings is 1. The Morgan fingerprint density at radius 3 is 2.53 bits per heavy atom. The number of rotatable bonds is 7. The number of hydrogen-bond acceptors (Lipinski definition) is 1. The predicted octanol–water partition coefficient (Wildman–Crippen LogP) is 4.11. The van der Waals surface area contributed by atoms with Crippen molar-refractivity contribution in [1.29, 1.82) is 0 Å². The highest BCUT2D eigenvalue weighted by molar-refractivity contribution is 5.22. The average Bonchev–Trinajstić information content (AvgIpc) is 2.26. The molecular formula is C16H26O. The predicted molar refractivity (Wildman–Crippen MR) is 74.2 cm³/mol. The summed E-state index contributed by atoms with van der Waals surface area (Å²) in [5.74, 6) is 0.749. The molecule has 1 aromatic rings. The Morgan fingerprint density at radius 1 is 1.12 bits per heavy atom. The second-order valence-electron chi connectivity index (χ2n) is 5.51. The van der Waals surface area contributed by atoms with Crippen LogP contribution in [0.5, 0.6) is 0 Å². The summed E-state index contributed by atoms with van der Waals surface area (Å²) >= 11 is 0. The summed E-state index contributed by atoms with van der Waals surface area (Å²) in [6.45, 7) is 6.58. The molecule has 0 spiro atoms. The van der Waals surface area contributed by atoms with Gasteiger partial charge in [-0.05, 0) is 37.7 Å². The van der Waals surface area contributed by atoms with Gasteiger partial charge in [0.25, 0.3) is 0 Å². The van der Waals surface area contributed by atoms with Crippen molar-refractivity contribution in [2.75, 3.05) is 0 Å². The molecule has 0 fully saturated rings. The zero-order chi connectivity index (χ0) is 12.7. The Kier molecular flexibility index (Phi) is 6.28. The molecule has 0 saturated carbocycles. The number of aryl methyl sites for hydroxylation is 2. The molecule has 1 nitrogen and oxygen atoms in total. The quantitative estimate of drug-likeness (QED) is 0.752. The fourth-order valence-electron chi connectivity index (χ4n) is 2.11. The Hall–Kier alpha value is -0.820. The van der Waals surface area contributed by atoms with Crippen molar-refractivity contribution in [3.8, 4) is 0 Å². The van der Waals surface area contributed by atoms with Gasteiger partial charge >= 0.3 is 0 Å². The van der Waals surface area contributed by atoms with Crippen LogP contribution in [-0.4, -0.2) is 11.2 Å². The molecule has 0 aromatic heterocycles. The topological polar surface area (TPSA) is 20.2 Å². The van der Waals surface area contributed by atoms with Crippen LogP contribution in [0.3, 0.4) is 0 Å². The first kappa shape index (κ1) is 14.2. The Balaban J connectivity index is 2.21. The van der Waals surface area contributed by atoms with Crippen LogP contribution in [0.1, 0.15) is 50.7 Å². The molecule has 1 rings (SSSR count). The lowest BCUT2D eigenvalue weighted by molar-refractivity contribution is 0.150. The minimum absolute atomic E-state index is 0.130. The largest absolute Gasteiger partial charge is 0.393 e. The van der Waals surface area contributed by atoms with Crippen LogP contribution < -0.4 is 0 Å². The van der Waals surface area contributed by atoms with Gasteiger partial charge in [-0.25, -0.2) is 0 Å². The number of aliphatic hydroxyl groups excluding tert-OH is 1. The third kappa shape index (κ3) is 6.48. The molecule has 1 atom stereocenters. The Labute approximate surface area is 106 Å². The van der Waals surface area contributed by atoms with Crippen LogP contribution >= 0.6 is 0 Å². The van der Waals surface area contributed by atoms with Gasteiger partial charge in [-0.1, -0.05) is 56.5 Å². The van der Waals surface area contributed by atoms with Crippen LogP contribution in [0.4, 0.5) is 0 Å². The van der Waals surface area contributed by atoms with Crippen molar-refractivity contribution in [3.63, 3.8) is 0 Å². The van der Waals surface area contributed by atoms with E-state index >= 15 is 0 Å². The van der Waals surface area contributed by atoms with Crippen molar-refractivity contribution in [2.45, 2.75) is 59.0 Å². The Bertz CT molecular complexity index is 317. The lowest BCUT2D eigenvalue weighted by Gasteiger charge is -2.11. The van der Waals surface area contributed by atoms with E-state index in [-0.39, 0.29) is 6.10 Å². The van der Waals surface area contributed by atoms with E-state index in [1.54, 1.807) is 0 Å². The fourth-order valence-corrected chi connectivity index (χ4v) is 2.11. The second kappa shape index (κ2) is 7.50. The van der Waals surface area contributed by atoms with Crippen LogP contribution in [0.15, 0.2) is 24.3 Å². The highest BCUT2D eigenvalue weighted by Crippen LogP contribution is 2.13. The first-order chi connectivity index (χ1) is 8.08. The molecule has 0 radical (unpaired) electrons. The van der Waals surface area contributed by atoms with Crippen LogP contribution in [0, 0.1) is 12.8 Å². The summed E-state index contributed by atoms with van der Waals surface area (Å²) in [5.41, 5.74) is 2.64. The molecular weight excluding hydrogens is 208 g/mol. The molecule has 0 aliphatic rings. The third-order valence-corrected chi connectivity index (χ3v) is 3.17. The maximum Gasteiger partial charge on any atom is 0.0543 e. The molecule has 1 N–H and O–H groups in total. The van der Waals surface area contributed by atoms with Crippen LogP contribution in [-0.2, 0) is 6.42 Å². The summed E-state index contributed by atoms with van der Waals surface area (Å²) in [4.78, 5) is 0. The molecule has 17 heavy (non-hydrogen) atoms. The second-order valence-corrected chi connectivity index (χ2v) is 5.51. The minimum Gasteiger partial charge on any atom is -0.393 e. The van der Waals surface area contributed by atoms with E-state index in [2.05, 4.69) is 45.0 Å². The van der Waals surface area contributed by atoms with E-state index in [4.69, 9.17) is 0 Å². The fraction of sp³-hybridized carbons (Fsp3) is 0.625. The molecule has 0 aliphatic heterocycles. The van der Waals surface area contributed by atoms with Crippen LogP contribution in [0.2, 0.25) is 0 Å². The summed E-state index contributed by atoms with van der Waals surface area (Å²) in [7, 11) is 0. The molecule has 1 aromatic carbocycles. The van der Waals surface area contributed by atoms with Gasteiger partial charge in [-0.2, -0.15) is 0 Å². The first-order valence-electron chi connectivity index (χ1n) is 6.81. The molecule has 0 heterocycles. The van der Waals surface area contributed by atoms with E-state index in [0.717, 1.165) is 31.6 Å². The summed E-state index contributed by atoms with van der Waals surface area (Å²) in [6.07, 6.45) is 5.07. The molecule has 1 heteroatoms. The standard InChI is InChI=1S/C16H26O/c1-13(2)6-4-9-16(17)11-10-15-8-5-7-14(3)12-15/h5,7-8,12-13,16-17H,4,6,9-11H2,1-3H3. The lowest BCUT2D eigenvalue weighted by atomic mass is 9.99.